The van der Waals surface area contributed by atoms with Crippen LogP contribution in [-0.2, 0) is 11.3 Å². The summed E-state index contributed by atoms with van der Waals surface area (Å²) in [5.41, 5.74) is 3.64. The number of nitrogens with zero attached hydrogens (tertiary/aromatic N) is 6. The number of hydrogen-bond donors (Lipinski definition) is 1. The molecule has 0 aliphatic carbocycles. The van der Waals surface area contributed by atoms with E-state index in [1.807, 2.05) is 23.8 Å². The molecule has 1 N–H and O–H groups in total. The number of H-pyrrole nitrogens is 1. The Kier molecular flexibility index (Phi) is 4.58. The Hall–Kier alpha value is -1.97. The highest BCUT2D eigenvalue weighted by Gasteiger charge is 2.27. The third-order valence-electron chi connectivity index (χ3n) is 5.50. The normalized spacial score (nSPS) is 22.0. The van der Waals surface area contributed by atoms with Crippen LogP contribution in [0.5, 0.6) is 0 Å². The van der Waals surface area contributed by atoms with Crippen LogP contribution in [0.15, 0.2) is 12.4 Å². The number of hydrogen-bond acceptors (Lipinski definition) is 7. The van der Waals surface area contributed by atoms with E-state index >= 15 is 0 Å². The minimum absolute atomic E-state index is 0.468. The Morgan fingerprint density at radius 1 is 1.30 bits per heavy atom. The summed E-state index contributed by atoms with van der Waals surface area (Å²) in [5.74, 6) is 0.468. The van der Waals surface area contributed by atoms with Crippen molar-refractivity contribution >= 4 is 21.4 Å². The molecule has 9 heteroatoms. The molecule has 2 saturated heterocycles. The highest BCUT2D eigenvalue weighted by molar-refractivity contribution is 7.20. The van der Waals surface area contributed by atoms with Gasteiger partial charge in [-0.1, -0.05) is 11.3 Å². The van der Waals surface area contributed by atoms with Gasteiger partial charge in [0.1, 0.15) is 0 Å². The fourth-order valence-electron chi connectivity index (χ4n) is 4.11. The summed E-state index contributed by atoms with van der Waals surface area (Å²) in [5, 5.41) is 13.5. The van der Waals surface area contributed by atoms with Gasteiger partial charge in [0.25, 0.3) is 0 Å². The van der Waals surface area contributed by atoms with Crippen LogP contribution >= 0.6 is 11.3 Å². The van der Waals surface area contributed by atoms with Crippen LogP contribution in [0.25, 0.3) is 4.96 Å². The maximum atomic E-state index is 5.47. The lowest BCUT2D eigenvalue weighted by Gasteiger charge is -2.33. The number of imidazole rings is 1. The standard InChI is InChI=1S/C18H25N7OS/c1-13-10-25-17(20-13)27-18(22-25)24-4-2-3-14(12-24)16-15(9-19-21-16)11-23-5-7-26-8-6-23/h9-10,14H,2-8,11-12H2,1H3,(H,19,21)/t14-/m1/s1. The second kappa shape index (κ2) is 7.21. The van der Waals surface area contributed by atoms with E-state index in [2.05, 4.69) is 25.0 Å². The molecule has 0 bridgehead atoms. The molecule has 3 aromatic heterocycles. The second-order valence-corrected chi connectivity index (χ2v) is 8.41. The molecular formula is C18H25N7OS. The number of anilines is 1. The van der Waals surface area contributed by atoms with Gasteiger partial charge in [0.05, 0.1) is 31.3 Å². The van der Waals surface area contributed by atoms with Crippen LogP contribution in [-0.4, -0.2) is 69.1 Å². The molecule has 5 heterocycles. The van der Waals surface area contributed by atoms with Crippen molar-refractivity contribution in [2.75, 3.05) is 44.3 Å². The van der Waals surface area contributed by atoms with E-state index in [4.69, 9.17) is 9.84 Å². The quantitative estimate of drug-likeness (QED) is 0.738. The number of ether oxygens (including phenoxy) is 1. The molecule has 144 valence electrons. The number of aromatic amines is 1. The summed E-state index contributed by atoms with van der Waals surface area (Å²) in [7, 11) is 0. The van der Waals surface area contributed by atoms with E-state index in [1.165, 1.54) is 24.1 Å². The number of aryl methyl sites for hydroxylation is 1. The molecule has 2 fully saturated rings. The topological polar surface area (TPSA) is 74.6 Å². The van der Waals surface area contributed by atoms with E-state index in [0.29, 0.717) is 5.92 Å². The van der Waals surface area contributed by atoms with Crippen molar-refractivity contribution in [3.8, 4) is 0 Å². The molecule has 8 nitrogen and oxygen atoms in total. The molecule has 1 atom stereocenters. The molecule has 0 saturated carbocycles. The first kappa shape index (κ1) is 17.2. The van der Waals surface area contributed by atoms with Crippen molar-refractivity contribution in [3.63, 3.8) is 0 Å². The lowest BCUT2D eigenvalue weighted by molar-refractivity contribution is 0.0340. The van der Waals surface area contributed by atoms with Crippen molar-refractivity contribution in [2.24, 2.45) is 0 Å². The van der Waals surface area contributed by atoms with Crippen LogP contribution in [0.3, 0.4) is 0 Å². The number of nitrogens with one attached hydrogen (secondary N) is 1. The molecule has 0 radical (unpaired) electrons. The third kappa shape index (κ3) is 3.46. The molecule has 0 unspecified atom stereocenters. The van der Waals surface area contributed by atoms with Crippen molar-refractivity contribution in [1.29, 1.82) is 0 Å². The number of piperidine rings is 1. The summed E-state index contributed by atoms with van der Waals surface area (Å²) in [6, 6.07) is 0. The molecule has 0 aromatic carbocycles. The maximum Gasteiger partial charge on any atom is 0.214 e. The summed E-state index contributed by atoms with van der Waals surface area (Å²) in [4.78, 5) is 10.4. The van der Waals surface area contributed by atoms with Crippen molar-refractivity contribution in [2.45, 2.75) is 32.2 Å². The van der Waals surface area contributed by atoms with Gasteiger partial charge < -0.3 is 9.64 Å². The molecule has 2 aliphatic heterocycles. The minimum atomic E-state index is 0.468. The van der Waals surface area contributed by atoms with E-state index < -0.39 is 0 Å². The van der Waals surface area contributed by atoms with E-state index in [1.54, 1.807) is 11.3 Å². The zero-order chi connectivity index (χ0) is 18.2. The molecule has 2 aliphatic rings. The minimum Gasteiger partial charge on any atom is -0.379 e. The van der Waals surface area contributed by atoms with E-state index in [-0.39, 0.29) is 0 Å². The second-order valence-electron chi connectivity index (χ2n) is 7.48. The third-order valence-corrected chi connectivity index (χ3v) is 6.49. The smallest absolute Gasteiger partial charge is 0.214 e. The van der Waals surface area contributed by atoms with E-state index in [9.17, 15) is 0 Å². The van der Waals surface area contributed by atoms with Crippen LogP contribution in [0.4, 0.5) is 5.13 Å². The van der Waals surface area contributed by atoms with Crippen LogP contribution in [0.1, 0.15) is 35.7 Å². The largest absolute Gasteiger partial charge is 0.379 e. The van der Waals surface area contributed by atoms with Crippen LogP contribution < -0.4 is 4.90 Å². The molecule has 0 spiro atoms. The molecule has 5 rings (SSSR count). The zero-order valence-electron chi connectivity index (χ0n) is 15.6. The first-order chi connectivity index (χ1) is 13.3. The van der Waals surface area contributed by atoms with Crippen molar-refractivity contribution < 1.29 is 4.74 Å². The van der Waals surface area contributed by atoms with Gasteiger partial charge in [0.2, 0.25) is 10.1 Å². The van der Waals surface area contributed by atoms with Crippen molar-refractivity contribution in [1.82, 2.24) is 29.7 Å². The summed E-state index contributed by atoms with van der Waals surface area (Å²) < 4.78 is 7.37. The Morgan fingerprint density at radius 2 is 2.19 bits per heavy atom. The van der Waals surface area contributed by atoms with Gasteiger partial charge in [-0.15, -0.1) is 5.10 Å². The number of rotatable bonds is 4. The van der Waals surface area contributed by atoms with Crippen LogP contribution in [0.2, 0.25) is 0 Å². The van der Waals surface area contributed by atoms with Gasteiger partial charge >= 0.3 is 0 Å². The average Bonchev–Trinajstić information content (AvgIpc) is 3.37. The summed E-state index contributed by atoms with van der Waals surface area (Å²) >= 11 is 1.68. The summed E-state index contributed by atoms with van der Waals surface area (Å²) in [6.45, 7) is 8.65. The SMILES string of the molecule is Cc1cn2nc(N3CCC[C@@H](c4[nH]ncc4CN4CCOCC4)C3)sc2n1. The van der Waals surface area contributed by atoms with Gasteiger partial charge in [-0.05, 0) is 19.8 Å². The van der Waals surface area contributed by atoms with Gasteiger partial charge in [-0.2, -0.15) is 5.10 Å². The highest BCUT2D eigenvalue weighted by Crippen LogP contribution is 2.33. The monoisotopic (exact) mass is 387 g/mol. The van der Waals surface area contributed by atoms with Crippen LogP contribution in [0, 0.1) is 6.92 Å². The fraction of sp³-hybridized carbons (Fsp3) is 0.611. The Morgan fingerprint density at radius 3 is 3.04 bits per heavy atom. The Labute approximate surface area is 162 Å². The molecule has 27 heavy (non-hydrogen) atoms. The molecular weight excluding hydrogens is 362 g/mol. The van der Waals surface area contributed by atoms with Gasteiger partial charge in [-0.3, -0.25) is 10.00 Å². The number of morpholine rings is 1. The summed E-state index contributed by atoms with van der Waals surface area (Å²) in [6.07, 6.45) is 6.36. The number of fused-ring (bicyclic) bond motifs is 1. The molecule has 3 aromatic rings. The lowest BCUT2D eigenvalue weighted by atomic mass is 9.92. The predicted molar refractivity (Wildman–Crippen MR) is 104 cm³/mol. The molecule has 0 amide bonds. The van der Waals surface area contributed by atoms with Gasteiger partial charge in [0.15, 0.2) is 0 Å². The highest BCUT2D eigenvalue weighted by atomic mass is 32.1. The maximum absolute atomic E-state index is 5.47. The first-order valence-corrected chi connectivity index (χ1v) is 10.5. The zero-order valence-corrected chi connectivity index (χ0v) is 16.4. The fourth-order valence-corrected chi connectivity index (χ4v) is 5.08. The van der Waals surface area contributed by atoms with Gasteiger partial charge in [-0.25, -0.2) is 9.50 Å². The first-order valence-electron chi connectivity index (χ1n) is 9.66. The Bertz CT molecular complexity index is 878. The predicted octanol–water partition coefficient (Wildman–Crippen LogP) is 2.04. The Balaban J connectivity index is 1.32. The van der Waals surface area contributed by atoms with E-state index in [0.717, 1.165) is 61.7 Å². The van der Waals surface area contributed by atoms with Gasteiger partial charge in [0, 0.05) is 49.9 Å². The average molecular weight is 388 g/mol. The van der Waals surface area contributed by atoms with Crippen molar-refractivity contribution in [3.05, 3.63) is 29.3 Å². The number of aromatic nitrogens is 5. The lowest BCUT2D eigenvalue weighted by Crippen LogP contribution is -2.37.